The average Bonchev–Trinajstić information content (AvgIpc) is 2.81. The number of sulfonamides is 1. The molecule has 1 saturated heterocycles. The van der Waals surface area contributed by atoms with Crippen molar-refractivity contribution in [1.29, 1.82) is 0 Å². The number of hydrogen-bond acceptors (Lipinski definition) is 4. The van der Waals surface area contributed by atoms with Crippen molar-refractivity contribution in [1.82, 2.24) is 9.62 Å². The Morgan fingerprint density at radius 2 is 1.91 bits per heavy atom. The Kier molecular flexibility index (Phi) is 4.89. The highest BCUT2D eigenvalue weighted by Gasteiger charge is 2.42. The van der Waals surface area contributed by atoms with Crippen LogP contribution in [0.15, 0.2) is 23.1 Å². The summed E-state index contributed by atoms with van der Waals surface area (Å²) in [6.45, 7) is 6.13. The molecule has 1 amide bonds. The number of carbonyl (C=O) groups is 1. The van der Waals surface area contributed by atoms with Gasteiger partial charge < -0.3 is 11.1 Å². The number of hydrogen-bond donors (Lipinski definition) is 2. The van der Waals surface area contributed by atoms with Crippen molar-refractivity contribution >= 4 is 15.9 Å². The zero-order valence-corrected chi connectivity index (χ0v) is 14.0. The van der Waals surface area contributed by atoms with Crippen LogP contribution >= 0.6 is 0 Å². The summed E-state index contributed by atoms with van der Waals surface area (Å²) >= 11 is 0. The number of likely N-dealkylation sites (N-methyl/N-ethyl adjacent to an activating group) is 1. The minimum atomic E-state index is -3.74. The van der Waals surface area contributed by atoms with Gasteiger partial charge in [-0.3, -0.25) is 4.79 Å². The number of benzene rings is 1. The van der Waals surface area contributed by atoms with E-state index >= 15 is 0 Å². The van der Waals surface area contributed by atoms with Gasteiger partial charge in [-0.2, -0.15) is 4.31 Å². The number of amides is 1. The normalized spacial score (nSPS) is 22.7. The van der Waals surface area contributed by atoms with E-state index in [1.807, 2.05) is 19.9 Å². The van der Waals surface area contributed by atoms with Crippen molar-refractivity contribution < 1.29 is 13.2 Å². The molecule has 122 valence electrons. The summed E-state index contributed by atoms with van der Waals surface area (Å²) in [6.07, 6.45) is 0.343. The van der Waals surface area contributed by atoms with Gasteiger partial charge in [0.25, 0.3) is 0 Å². The lowest BCUT2D eigenvalue weighted by atomic mass is 10.2. The van der Waals surface area contributed by atoms with Crippen LogP contribution in [0, 0.1) is 13.8 Å². The first-order valence-corrected chi connectivity index (χ1v) is 8.83. The van der Waals surface area contributed by atoms with E-state index in [1.165, 1.54) is 4.31 Å². The Morgan fingerprint density at radius 3 is 2.45 bits per heavy atom. The highest BCUT2D eigenvalue weighted by molar-refractivity contribution is 7.89. The topological polar surface area (TPSA) is 92.5 Å². The van der Waals surface area contributed by atoms with Gasteiger partial charge in [0.15, 0.2) is 0 Å². The second-order valence-electron chi connectivity index (χ2n) is 5.80. The van der Waals surface area contributed by atoms with E-state index in [9.17, 15) is 13.2 Å². The van der Waals surface area contributed by atoms with Crippen LogP contribution < -0.4 is 11.1 Å². The molecule has 2 rings (SSSR count). The van der Waals surface area contributed by atoms with E-state index in [0.29, 0.717) is 13.0 Å². The molecule has 0 aliphatic carbocycles. The van der Waals surface area contributed by atoms with Crippen LogP contribution in [0.1, 0.15) is 24.5 Å². The Balaban J connectivity index is 2.40. The van der Waals surface area contributed by atoms with Gasteiger partial charge in [0, 0.05) is 19.1 Å². The number of nitrogens with two attached hydrogens (primary N) is 1. The van der Waals surface area contributed by atoms with Crippen molar-refractivity contribution in [2.75, 3.05) is 13.1 Å². The van der Waals surface area contributed by atoms with Gasteiger partial charge in [-0.15, -0.1) is 0 Å². The summed E-state index contributed by atoms with van der Waals surface area (Å²) < 4.78 is 27.0. The fourth-order valence-electron chi connectivity index (χ4n) is 2.85. The van der Waals surface area contributed by atoms with E-state index in [-0.39, 0.29) is 23.4 Å². The predicted octanol–water partition coefficient (Wildman–Crippen LogP) is 0.530. The lowest BCUT2D eigenvalue weighted by Gasteiger charge is -2.23. The molecule has 0 bridgehead atoms. The molecule has 1 fully saturated rings. The van der Waals surface area contributed by atoms with Crippen LogP contribution in [0.2, 0.25) is 0 Å². The first kappa shape index (κ1) is 16.9. The summed E-state index contributed by atoms with van der Waals surface area (Å²) in [7, 11) is -3.74. The van der Waals surface area contributed by atoms with E-state index in [0.717, 1.165) is 11.1 Å². The van der Waals surface area contributed by atoms with Crippen LogP contribution in [-0.4, -0.2) is 43.8 Å². The van der Waals surface area contributed by atoms with Crippen LogP contribution in [-0.2, 0) is 14.8 Å². The largest absolute Gasteiger partial charge is 0.355 e. The smallest absolute Gasteiger partial charge is 0.243 e. The summed E-state index contributed by atoms with van der Waals surface area (Å²) in [4.78, 5) is 12.4. The van der Waals surface area contributed by atoms with Gasteiger partial charge in [0.05, 0.1) is 4.90 Å². The van der Waals surface area contributed by atoms with Gasteiger partial charge in [-0.1, -0.05) is 6.07 Å². The molecule has 1 aromatic carbocycles. The standard InChI is InChI=1S/C15H23N3O3S/c1-4-17-15(19)14-8-12(16)9-18(14)22(20,21)13-6-10(2)5-11(3)7-13/h5-7,12,14H,4,8-9,16H2,1-3H3,(H,17,19). The molecular formula is C15H23N3O3S. The highest BCUT2D eigenvalue weighted by Crippen LogP contribution is 2.27. The molecule has 2 atom stereocenters. The SMILES string of the molecule is CCNC(=O)C1CC(N)CN1S(=O)(=O)c1cc(C)cc(C)c1. The molecule has 2 unspecified atom stereocenters. The lowest BCUT2D eigenvalue weighted by molar-refractivity contribution is -0.124. The third-order valence-electron chi connectivity index (χ3n) is 3.74. The molecular weight excluding hydrogens is 302 g/mol. The fourth-order valence-corrected chi connectivity index (χ4v) is 4.69. The van der Waals surface area contributed by atoms with Gasteiger partial charge >= 0.3 is 0 Å². The van der Waals surface area contributed by atoms with Crippen molar-refractivity contribution in [3.8, 4) is 0 Å². The van der Waals surface area contributed by atoms with Gasteiger partial charge in [-0.25, -0.2) is 8.42 Å². The molecule has 1 aliphatic heterocycles. The van der Waals surface area contributed by atoms with E-state index in [2.05, 4.69) is 5.32 Å². The van der Waals surface area contributed by atoms with Crippen LogP contribution in [0.4, 0.5) is 0 Å². The van der Waals surface area contributed by atoms with Crippen molar-refractivity contribution in [3.63, 3.8) is 0 Å². The van der Waals surface area contributed by atoms with Gasteiger partial charge in [0.2, 0.25) is 15.9 Å². The first-order chi connectivity index (χ1) is 10.3. The van der Waals surface area contributed by atoms with Gasteiger partial charge in [0.1, 0.15) is 6.04 Å². The summed E-state index contributed by atoms with van der Waals surface area (Å²) in [6, 6.07) is 4.10. The lowest BCUT2D eigenvalue weighted by Crippen LogP contribution is -2.45. The third kappa shape index (κ3) is 3.31. The quantitative estimate of drug-likeness (QED) is 0.844. The second kappa shape index (κ2) is 6.36. The molecule has 0 radical (unpaired) electrons. The maximum Gasteiger partial charge on any atom is 0.243 e. The molecule has 0 aromatic heterocycles. The number of rotatable bonds is 4. The number of nitrogens with zero attached hydrogens (tertiary/aromatic N) is 1. The Labute approximate surface area is 131 Å². The minimum absolute atomic E-state index is 0.164. The molecule has 1 heterocycles. The summed E-state index contributed by atoms with van der Waals surface area (Å²) in [5.74, 6) is -0.289. The predicted molar refractivity (Wildman–Crippen MR) is 84.9 cm³/mol. The average molecular weight is 325 g/mol. The molecule has 6 nitrogen and oxygen atoms in total. The zero-order chi connectivity index (χ0) is 16.5. The fraction of sp³-hybridized carbons (Fsp3) is 0.533. The molecule has 0 spiro atoms. The summed E-state index contributed by atoms with van der Waals surface area (Å²) in [5.41, 5.74) is 7.64. The van der Waals surface area contributed by atoms with Crippen molar-refractivity contribution in [2.24, 2.45) is 5.73 Å². The molecule has 1 aliphatic rings. The summed E-state index contributed by atoms with van der Waals surface area (Å²) in [5, 5.41) is 2.68. The maximum absolute atomic E-state index is 12.9. The molecule has 3 N–H and O–H groups in total. The van der Waals surface area contributed by atoms with E-state index < -0.39 is 16.1 Å². The molecule has 0 saturated carbocycles. The molecule has 7 heteroatoms. The van der Waals surface area contributed by atoms with E-state index in [1.54, 1.807) is 19.1 Å². The Morgan fingerprint density at radius 1 is 1.32 bits per heavy atom. The maximum atomic E-state index is 12.9. The number of carbonyl (C=O) groups excluding carboxylic acids is 1. The monoisotopic (exact) mass is 325 g/mol. The van der Waals surface area contributed by atoms with Crippen LogP contribution in [0.3, 0.4) is 0 Å². The van der Waals surface area contributed by atoms with E-state index in [4.69, 9.17) is 5.73 Å². The Hall–Kier alpha value is -1.44. The minimum Gasteiger partial charge on any atom is -0.355 e. The Bertz CT molecular complexity index is 652. The number of aryl methyl sites for hydroxylation is 2. The van der Waals surface area contributed by atoms with Crippen LogP contribution in [0.5, 0.6) is 0 Å². The third-order valence-corrected chi connectivity index (χ3v) is 5.60. The van der Waals surface area contributed by atoms with Crippen molar-refractivity contribution in [3.05, 3.63) is 29.3 Å². The zero-order valence-electron chi connectivity index (χ0n) is 13.2. The van der Waals surface area contributed by atoms with Crippen LogP contribution in [0.25, 0.3) is 0 Å². The second-order valence-corrected chi connectivity index (χ2v) is 7.69. The molecule has 22 heavy (non-hydrogen) atoms. The number of nitrogens with one attached hydrogen (secondary N) is 1. The van der Waals surface area contributed by atoms with Gasteiger partial charge in [-0.05, 0) is 50.5 Å². The first-order valence-electron chi connectivity index (χ1n) is 7.39. The molecule has 1 aromatic rings. The highest BCUT2D eigenvalue weighted by atomic mass is 32.2. The van der Waals surface area contributed by atoms with Crippen molar-refractivity contribution in [2.45, 2.75) is 44.2 Å².